The SMILES string of the molecule is O=c1c2cccc3c(=O)c4cc(N(c5ccccc5)c5ccccc5)cc5c(=O)c6cccc1c6n(c23)c45. The molecule has 8 rings (SSSR count). The van der Waals surface area contributed by atoms with Gasteiger partial charge >= 0.3 is 0 Å². The molecule has 0 unspecified atom stereocenters. The van der Waals surface area contributed by atoms with Gasteiger partial charge in [0.25, 0.3) is 0 Å². The van der Waals surface area contributed by atoms with Gasteiger partial charge < -0.3 is 9.30 Å². The van der Waals surface area contributed by atoms with Crippen molar-refractivity contribution in [1.29, 1.82) is 0 Å². The van der Waals surface area contributed by atoms with Crippen molar-refractivity contribution in [2.24, 2.45) is 0 Å². The molecule has 0 N–H and O–H groups in total. The third-order valence-electron chi connectivity index (χ3n) is 7.59. The Labute approximate surface area is 215 Å². The van der Waals surface area contributed by atoms with Crippen molar-refractivity contribution in [3.05, 3.63) is 140 Å². The fraction of sp³-hybridized carbons (Fsp3) is 0. The van der Waals surface area contributed by atoms with E-state index in [1.54, 1.807) is 36.4 Å². The van der Waals surface area contributed by atoms with Gasteiger partial charge in [-0.1, -0.05) is 48.5 Å². The largest absolute Gasteiger partial charge is 0.310 e. The average molecular weight is 491 g/mol. The van der Waals surface area contributed by atoms with Gasteiger partial charge in [-0.05, 0) is 60.7 Å². The lowest BCUT2D eigenvalue weighted by molar-refractivity contribution is 1.28. The highest BCUT2D eigenvalue weighted by Gasteiger charge is 2.24. The van der Waals surface area contributed by atoms with Crippen molar-refractivity contribution < 1.29 is 0 Å². The molecule has 38 heavy (non-hydrogen) atoms. The Balaban J connectivity index is 1.63. The molecule has 0 fully saturated rings. The number of hydrogen-bond acceptors (Lipinski definition) is 4. The van der Waals surface area contributed by atoms with Gasteiger partial charge in [0.1, 0.15) is 0 Å². The van der Waals surface area contributed by atoms with E-state index in [9.17, 15) is 14.4 Å². The molecule has 5 nitrogen and oxygen atoms in total. The molecule has 3 aromatic heterocycles. The second kappa shape index (κ2) is 7.37. The fourth-order valence-corrected chi connectivity index (χ4v) is 6.01. The van der Waals surface area contributed by atoms with Gasteiger partial charge in [-0.2, -0.15) is 0 Å². The zero-order valence-corrected chi connectivity index (χ0v) is 20.0. The van der Waals surface area contributed by atoms with Crippen LogP contribution in [0.5, 0.6) is 0 Å². The van der Waals surface area contributed by atoms with Crippen LogP contribution in [0.2, 0.25) is 0 Å². The monoisotopic (exact) mass is 490 g/mol. The molecule has 0 radical (unpaired) electrons. The number of nitrogens with zero attached hydrogens (tertiary/aromatic N) is 2. The van der Waals surface area contributed by atoms with E-state index in [0.717, 1.165) is 11.4 Å². The van der Waals surface area contributed by atoms with Crippen LogP contribution in [0.15, 0.2) is 124 Å². The second-order valence-electron chi connectivity index (χ2n) is 9.62. The van der Waals surface area contributed by atoms with E-state index in [0.29, 0.717) is 54.6 Å². The highest BCUT2D eigenvalue weighted by atomic mass is 16.1. The number of pyridine rings is 3. The normalized spacial score (nSPS) is 12.0. The molecule has 0 saturated carbocycles. The Morgan fingerprint density at radius 3 is 1.18 bits per heavy atom. The van der Waals surface area contributed by atoms with Gasteiger partial charge in [0, 0.05) is 49.4 Å². The van der Waals surface area contributed by atoms with E-state index in [4.69, 9.17) is 0 Å². The zero-order valence-electron chi connectivity index (χ0n) is 20.0. The highest BCUT2D eigenvalue weighted by molar-refractivity contribution is 6.17. The lowest BCUT2D eigenvalue weighted by Crippen LogP contribution is -2.20. The molecule has 0 aliphatic heterocycles. The maximum Gasteiger partial charge on any atom is 0.197 e. The number of para-hydroxylation sites is 4. The summed E-state index contributed by atoms with van der Waals surface area (Å²) in [6, 6.07) is 34.1. The topological polar surface area (TPSA) is 58.9 Å². The summed E-state index contributed by atoms with van der Waals surface area (Å²) in [7, 11) is 0. The van der Waals surface area contributed by atoms with Gasteiger partial charge in [-0.15, -0.1) is 0 Å². The molecule has 5 heteroatoms. The Hall–Kier alpha value is -5.29. The van der Waals surface area contributed by atoms with Gasteiger partial charge in [-0.25, -0.2) is 0 Å². The van der Waals surface area contributed by atoms with E-state index in [1.165, 1.54) is 0 Å². The van der Waals surface area contributed by atoms with Crippen LogP contribution < -0.4 is 21.2 Å². The van der Waals surface area contributed by atoms with Crippen molar-refractivity contribution >= 4 is 65.9 Å². The summed E-state index contributed by atoms with van der Waals surface area (Å²) in [6.45, 7) is 0. The van der Waals surface area contributed by atoms with Crippen molar-refractivity contribution in [2.75, 3.05) is 4.90 Å². The minimum absolute atomic E-state index is 0.168. The third kappa shape index (κ3) is 2.57. The molecular formula is C33H18N2O3. The number of rotatable bonds is 3. The zero-order chi connectivity index (χ0) is 25.5. The standard InChI is InChI=1S/C33H18N2O3/c36-31-22-13-7-15-24-28(22)35-29-23(31)14-8-16-25(29)33(38)27-18-21(17-26(30(27)35)32(24)37)34(19-9-3-1-4-10-19)20-11-5-2-6-12-20/h1-18H. The highest BCUT2D eigenvalue weighted by Crippen LogP contribution is 2.38. The Morgan fingerprint density at radius 2 is 0.763 bits per heavy atom. The molecule has 0 spiro atoms. The van der Waals surface area contributed by atoms with E-state index >= 15 is 0 Å². The molecule has 8 aromatic rings. The minimum atomic E-state index is -0.194. The molecule has 0 aliphatic rings. The number of anilines is 3. The molecular weight excluding hydrogens is 472 g/mol. The van der Waals surface area contributed by atoms with Crippen LogP contribution >= 0.6 is 0 Å². The summed E-state index contributed by atoms with van der Waals surface area (Å²) in [5.74, 6) is 0. The minimum Gasteiger partial charge on any atom is -0.310 e. The van der Waals surface area contributed by atoms with E-state index in [-0.39, 0.29) is 16.3 Å². The van der Waals surface area contributed by atoms with Gasteiger partial charge in [0.15, 0.2) is 16.3 Å². The van der Waals surface area contributed by atoms with Crippen LogP contribution in [0, 0.1) is 0 Å². The van der Waals surface area contributed by atoms with E-state index < -0.39 is 0 Å². The average Bonchev–Trinajstić information content (AvgIpc) is 2.97. The number of aromatic nitrogens is 1. The smallest absolute Gasteiger partial charge is 0.197 e. The molecule has 0 aliphatic carbocycles. The summed E-state index contributed by atoms with van der Waals surface area (Å²) in [6.07, 6.45) is 0. The first-order chi connectivity index (χ1) is 18.6. The first-order valence-corrected chi connectivity index (χ1v) is 12.4. The Bertz CT molecular complexity index is 2190. The lowest BCUT2D eigenvalue weighted by atomic mass is 9.97. The van der Waals surface area contributed by atoms with E-state index in [2.05, 4.69) is 4.90 Å². The lowest BCUT2D eigenvalue weighted by Gasteiger charge is -2.26. The number of hydrogen-bond donors (Lipinski definition) is 0. The predicted octanol–water partition coefficient (Wildman–Crippen LogP) is 6.42. The first-order valence-electron chi connectivity index (χ1n) is 12.4. The molecule has 3 heterocycles. The van der Waals surface area contributed by atoms with Crippen LogP contribution in [-0.4, -0.2) is 4.40 Å². The van der Waals surface area contributed by atoms with Crippen molar-refractivity contribution in [3.8, 4) is 0 Å². The van der Waals surface area contributed by atoms with Crippen molar-refractivity contribution in [1.82, 2.24) is 4.40 Å². The maximum atomic E-state index is 14.0. The molecule has 0 atom stereocenters. The summed E-state index contributed by atoms with van der Waals surface area (Å²) >= 11 is 0. The first kappa shape index (κ1) is 20.9. The molecule has 0 bridgehead atoms. The molecule has 178 valence electrons. The summed E-state index contributed by atoms with van der Waals surface area (Å²) in [4.78, 5) is 43.5. The van der Waals surface area contributed by atoms with Gasteiger partial charge in [-0.3, -0.25) is 14.4 Å². The van der Waals surface area contributed by atoms with Crippen molar-refractivity contribution in [2.45, 2.75) is 0 Å². The van der Waals surface area contributed by atoms with Crippen LogP contribution in [0.1, 0.15) is 0 Å². The molecule has 0 amide bonds. The summed E-state index contributed by atoms with van der Waals surface area (Å²) in [5, 5.41) is 2.78. The van der Waals surface area contributed by atoms with Gasteiger partial charge in [0.2, 0.25) is 0 Å². The summed E-state index contributed by atoms with van der Waals surface area (Å²) in [5.41, 5.74) is 3.67. The summed E-state index contributed by atoms with van der Waals surface area (Å²) < 4.78 is 1.96. The molecule has 0 saturated heterocycles. The molecule has 5 aromatic carbocycles. The maximum absolute atomic E-state index is 14.0. The predicted molar refractivity (Wildman–Crippen MR) is 154 cm³/mol. The van der Waals surface area contributed by atoms with Crippen LogP contribution in [0.4, 0.5) is 17.1 Å². The van der Waals surface area contributed by atoms with E-state index in [1.807, 2.05) is 77.2 Å². The van der Waals surface area contributed by atoms with Crippen LogP contribution in [0.3, 0.4) is 0 Å². The van der Waals surface area contributed by atoms with Crippen molar-refractivity contribution in [3.63, 3.8) is 0 Å². The van der Waals surface area contributed by atoms with Gasteiger partial charge in [0.05, 0.1) is 16.6 Å². The fourth-order valence-electron chi connectivity index (χ4n) is 6.01. The Kier molecular flexibility index (Phi) is 4.04. The Morgan fingerprint density at radius 1 is 0.395 bits per heavy atom. The van der Waals surface area contributed by atoms with Crippen LogP contribution in [-0.2, 0) is 0 Å². The quantitative estimate of drug-likeness (QED) is 0.212. The second-order valence-corrected chi connectivity index (χ2v) is 9.62. The number of benzene rings is 5. The third-order valence-corrected chi connectivity index (χ3v) is 7.59. The van der Waals surface area contributed by atoms with Crippen LogP contribution in [0.25, 0.3) is 48.9 Å².